The lowest BCUT2D eigenvalue weighted by Crippen LogP contribution is -2.48. The summed E-state index contributed by atoms with van der Waals surface area (Å²) < 4.78 is 44.0. The third-order valence-corrected chi connectivity index (χ3v) is 7.85. The van der Waals surface area contributed by atoms with E-state index >= 15 is 0 Å². The van der Waals surface area contributed by atoms with Gasteiger partial charge >= 0.3 is 0 Å². The Morgan fingerprint density at radius 2 is 1.80 bits per heavy atom. The Hall–Kier alpha value is -2.88. The lowest BCUT2D eigenvalue weighted by atomic mass is 9.92. The maximum absolute atomic E-state index is 14.7. The zero-order chi connectivity index (χ0) is 24.1. The average molecular weight is 504 g/mol. The van der Waals surface area contributed by atoms with Crippen molar-refractivity contribution in [2.45, 2.75) is 50.6 Å². The van der Waals surface area contributed by atoms with Gasteiger partial charge in [0, 0.05) is 43.2 Å². The summed E-state index contributed by atoms with van der Waals surface area (Å²) in [7, 11) is 0. The number of anilines is 2. The van der Waals surface area contributed by atoms with Crippen molar-refractivity contribution in [3.05, 3.63) is 58.4 Å². The number of piperidine rings is 1. The Labute approximate surface area is 205 Å². The lowest BCUT2D eigenvalue weighted by Gasteiger charge is -2.39. The van der Waals surface area contributed by atoms with E-state index in [0.717, 1.165) is 50.5 Å². The average Bonchev–Trinajstić information content (AvgIpc) is 3.25. The molecule has 4 heterocycles. The number of halogens is 4. The van der Waals surface area contributed by atoms with Crippen molar-refractivity contribution in [1.82, 2.24) is 25.0 Å². The molecular formula is C24H25ClF3N7. The minimum atomic E-state index is -1.44. The summed E-state index contributed by atoms with van der Waals surface area (Å²) in [5, 5.41) is 16.4. The van der Waals surface area contributed by atoms with Crippen LogP contribution in [0.4, 0.5) is 24.8 Å². The van der Waals surface area contributed by atoms with Gasteiger partial charge in [0.2, 0.25) is 5.95 Å². The third-order valence-electron chi connectivity index (χ3n) is 7.67. The fraction of sp³-hybridized carbons (Fsp3) is 0.500. The van der Waals surface area contributed by atoms with Crippen molar-refractivity contribution in [1.29, 1.82) is 0 Å². The molecule has 1 N–H and O–H groups in total. The van der Waals surface area contributed by atoms with E-state index in [1.807, 2.05) is 6.07 Å². The van der Waals surface area contributed by atoms with Crippen LogP contribution in [-0.2, 0) is 6.54 Å². The van der Waals surface area contributed by atoms with Gasteiger partial charge in [-0.1, -0.05) is 24.1 Å². The minimum absolute atomic E-state index is 0.129. The van der Waals surface area contributed by atoms with Crippen LogP contribution in [0, 0.1) is 29.3 Å². The van der Waals surface area contributed by atoms with E-state index in [9.17, 15) is 13.2 Å². The molecule has 4 atom stereocenters. The normalized spacial score (nSPS) is 25.9. The zero-order valence-corrected chi connectivity index (χ0v) is 19.7. The van der Waals surface area contributed by atoms with E-state index in [1.54, 1.807) is 10.9 Å². The van der Waals surface area contributed by atoms with Crippen molar-refractivity contribution >= 4 is 23.2 Å². The van der Waals surface area contributed by atoms with E-state index in [1.165, 1.54) is 6.07 Å². The molecule has 0 amide bonds. The first-order chi connectivity index (χ1) is 17.0. The van der Waals surface area contributed by atoms with Gasteiger partial charge in [0.25, 0.3) is 0 Å². The van der Waals surface area contributed by atoms with E-state index in [2.05, 4.69) is 20.4 Å². The summed E-state index contributed by atoms with van der Waals surface area (Å²) in [6, 6.07) is 4.37. The molecule has 184 valence electrons. The smallest absolute Gasteiger partial charge is 0.242 e. The number of rotatable bonds is 4. The van der Waals surface area contributed by atoms with Crippen molar-refractivity contribution in [3.8, 4) is 0 Å². The first kappa shape index (κ1) is 22.6. The van der Waals surface area contributed by atoms with Gasteiger partial charge in [0.1, 0.15) is 5.82 Å². The highest BCUT2D eigenvalue weighted by Crippen LogP contribution is 2.41. The Bertz CT molecular complexity index is 1240. The highest BCUT2D eigenvalue weighted by Gasteiger charge is 2.43. The maximum Gasteiger partial charge on any atom is 0.242 e. The Balaban J connectivity index is 1.24. The number of benzene rings is 1. The van der Waals surface area contributed by atoms with Crippen LogP contribution in [0.1, 0.15) is 49.4 Å². The molecule has 0 radical (unpaired) electrons. The first-order valence-corrected chi connectivity index (χ1v) is 12.4. The number of fused-ring (bicyclic) bond motifs is 3. The van der Waals surface area contributed by atoms with Gasteiger partial charge in [-0.2, -0.15) is 10.1 Å². The van der Waals surface area contributed by atoms with Gasteiger partial charge in [0.05, 0.1) is 11.9 Å². The molecule has 2 bridgehead atoms. The quantitative estimate of drug-likeness (QED) is 0.517. The first-order valence-electron chi connectivity index (χ1n) is 12.1. The van der Waals surface area contributed by atoms with Gasteiger partial charge in [-0.25, -0.2) is 17.9 Å². The number of aryl methyl sites for hydroxylation is 1. The molecule has 3 aliphatic rings. The second kappa shape index (κ2) is 8.96. The Morgan fingerprint density at radius 3 is 2.57 bits per heavy atom. The molecule has 0 spiro atoms. The van der Waals surface area contributed by atoms with Crippen LogP contribution in [0.5, 0.6) is 0 Å². The molecular weight excluding hydrogens is 479 g/mol. The highest BCUT2D eigenvalue weighted by atomic mass is 35.5. The number of aromatic nitrogens is 5. The summed E-state index contributed by atoms with van der Waals surface area (Å²) in [6.07, 6.45) is 6.23. The fourth-order valence-electron chi connectivity index (χ4n) is 6.00. The third kappa shape index (κ3) is 4.11. The molecule has 2 aliphatic heterocycles. The summed E-state index contributed by atoms with van der Waals surface area (Å²) in [4.78, 5) is 7.05. The van der Waals surface area contributed by atoms with E-state index < -0.39 is 23.4 Å². The summed E-state index contributed by atoms with van der Waals surface area (Å²) in [6.45, 7) is 2.39. The number of hydrogen-bond acceptors (Lipinski definition) is 6. The Kier molecular flexibility index (Phi) is 5.78. The predicted octanol–water partition coefficient (Wildman–Crippen LogP) is 4.78. The standard InChI is InChI=1S/C24H25ClF3N7/c25-19-9-15(10-29-32-19)34-11-13-4-5-14(12-34)22(13)30-24-31-23-17(3-1-2-8-35(23)33-24)16-6-7-18(26)21(28)20(16)27/h6-7,9-10,13-14,17,22H,1-5,8,11-12H2,(H,30,33)/t13-,14?,17?,22-/m0/s1. The summed E-state index contributed by atoms with van der Waals surface area (Å²) >= 11 is 6.04. The molecule has 1 aliphatic carbocycles. The van der Waals surface area contributed by atoms with Crippen LogP contribution >= 0.6 is 11.6 Å². The van der Waals surface area contributed by atoms with Crippen molar-refractivity contribution in [3.63, 3.8) is 0 Å². The SMILES string of the molecule is Fc1ccc(C2CCCCn3nc(N[C@@H]4C5CC[C@H]4CN(c4cnnc(Cl)c4)C5)nc32)c(F)c1F. The van der Waals surface area contributed by atoms with E-state index in [0.29, 0.717) is 41.7 Å². The van der Waals surface area contributed by atoms with Crippen LogP contribution in [0.25, 0.3) is 0 Å². The van der Waals surface area contributed by atoms with Crippen molar-refractivity contribution < 1.29 is 13.2 Å². The number of hydrogen-bond donors (Lipinski definition) is 1. The van der Waals surface area contributed by atoms with Crippen LogP contribution in [-0.4, -0.2) is 44.1 Å². The fourth-order valence-corrected chi connectivity index (χ4v) is 6.16. The summed E-state index contributed by atoms with van der Waals surface area (Å²) in [5.74, 6) is -2.32. The van der Waals surface area contributed by atoms with Crippen LogP contribution in [0.2, 0.25) is 5.15 Å². The van der Waals surface area contributed by atoms with Crippen LogP contribution < -0.4 is 10.2 Å². The molecule has 7 nitrogen and oxygen atoms in total. The molecule has 1 aromatic carbocycles. The predicted molar refractivity (Wildman–Crippen MR) is 125 cm³/mol. The zero-order valence-electron chi connectivity index (χ0n) is 19.0. The van der Waals surface area contributed by atoms with Gasteiger partial charge in [-0.05, 0) is 43.6 Å². The highest BCUT2D eigenvalue weighted by molar-refractivity contribution is 6.29. The maximum atomic E-state index is 14.7. The van der Waals surface area contributed by atoms with E-state index in [4.69, 9.17) is 21.7 Å². The Morgan fingerprint density at radius 1 is 1.00 bits per heavy atom. The monoisotopic (exact) mass is 503 g/mol. The topological polar surface area (TPSA) is 71.8 Å². The number of nitrogens with zero attached hydrogens (tertiary/aromatic N) is 6. The molecule has 35 heavy (non-hydrogen) atoms. The molecule has 2 aromatic heterocycles. The van der Waals surface area contributed by atoms with Gasteiger partial charge in [-0.3, -0.25) is 0 Å². The minimum Gasteiger partial charge on any atom is -0.369 e. The van der Waals surface area contributed by atoms with Crippen LogP contribution in [0.15, 0.2) is 24.4 Å². The molecule has 3 aromatic rings. The van der Waals surface area contributed by atoms with E-state index in [-0.39, 0.29) is 11.6 Å². The lowest BCUT2D eigenvalue weighted by molar-refractivity contribution is 0.376. The molecule has 1 saturated heterocycles. The van der Waals surface area contributed by atoms with Gasteiger partial charge < -0.3 is 10.2 Å². The molecule has 11 heteroatoms. The second-order valence-electron chi connectivity index (χ2n) is 9.74. The molecule has 2 fully saturated rings. The molecule has 6 rings (SSSR count). The molecule has 2 unspecified atom stereocenters. The van der Waals surface area contributed by atoms with Crippen molar-refractivity contribution in [2.75, 3.05) is 23.3 Å². The van der Waals surface area contributed by atoms with Crippen molar-refractivity contribution in [2.24, 2.45) is 11.8 Å². The summed E-state index contributed by atoms with van der Waals surface area (Å²) in [5.41, 5.74) is 1.10. The van der Waals surface area contributed by atoms with Crippen LogP contribution in [0.3, 0.4) is 0 Å². The van der Waals surface area contributed by atoms with Gasteiger partial charge in [0.15, 0.2) is 22.6 Å². The second-order valence-corrected chi connectivity index (χ2v) is 10.1. The van der Waals surface area contributed by atoms with Gasteiger partial charge in [-0.15, -0.1) is 10.2 Å². The number of nitrogens with one attached hydrogen (secondary N) is 1. The largest absolute Gasteiger partial charge is 0.369 e. The molecule has 1 saturated carbocycles.